The van der Waals surface area contributed by atoms with Crippen LogP contribution in [0.2, 0.25) is 0 Å². The number of hydrogen-bond acceptors (Lipinski definition) is 3. The number of nitrogens with zero attached hydrogens (tertiary/aromatic N) is 2. The van der Waals surface area contributed by atoms with Crippen LogP contribution in [0, 0.1) is 52.3 Å². The predicted molar refractivity (Wildman–Crippen MR) is 85.0 cm³/mol. The van der Waals surface area contributed by atoms with E-state index < -0.39 is 0 Å². The fourth-order valence-corrected chi connectivity index (χ4v) is 7.14. The minimum Gasteiger partial charge on any atom is -0.272 e. The summed E-state index contributed by atoms with van der Waals surface area (Å²) in [5, 5.41) is 10.6. The monoisotopic (exact) mass is 320 g/mol. The molecule has 24 heavy (non-hydrogen) atoms. The Bertz CT molecular complexity index is 766. The van der Waals surface area contributed by atoms with Crippen LogP contribution in [0.3, 0.4) is 0 Å². The molecule has 1 aromatic carbocycles. The Morgan fingerprint density at radius 2 is 1.96 bits per heavy atom. The SMILES string of the molecule is CC1(C(=O)N2OCC[C@H]2c2ccc(C#N)cc2)C2C3CC4C3C2C41. The van der Waals surface area contributed by atoms with Gasteiger partial charge in [0, 0.05) is 6.42 Å². The van der Waals surface area contributed by atoms with Crippen molar-refractivity contribution >= 4 is 5.91 Å². The summed E-state index contributed by atoms with van der Waals surface area (Å²) < 4.78 is 0. The van der Waals surface area contributed by atoms with Gasteiger partial charge in [-0.25, -0.2) is 5.06 Å². The van der Waals surface area contributed by atoms with Crippen LogP contribution in [0.15, 0.2) is 24.3 Å². The van der Waals surface area contributed by atoms with Crippen LogP contribution in [-0.2, 0) is 9.63 Å². The third-order valence-corrected chi connectivity index (χ3v) is 8.10. The highest BCUT2D eigenvalue weighted by atomic mass is 16.7. The number of benzene rings is 1. The Labute approximate surface area is 141 Å². The van der Waals surface area contributed by atoms with Crippen molar-refractivity contribution in [1.82, 2.24) is 5.06 Å². The van der Waals surface area contributed by atoms with E-state index in [2.05, 4.69) is 13.0 Å². The Morgan fingerprint density at radius 1 is 1.25 bits per heavy atom. The number of carbonyl (C=O) groups is 1. The molecule has 5 atom stereocenters. The zero-order chi connectivity index (χ0) is 16.2. The number of hydrogen-bond donors (Lipinski definition) is 0. The lowest BCUT2D eigenvalue weighted by Gasteiger charge is -2.90. The molecule has 0 radical (unpaired) electrons. The third-order valence-electron chi connectivity index (χ3n) is 8.10. The molecule has 0 bridgehead atoms. The number of nitriles is 1. The molecule has 5 aliphatic rings. The Hall–Kier alpha value is -1.86. The van der Waals surface area contributed by atoms with Crippen molar-refractivity contribution in [1.29, 1.82) is 5.26 Å². The lowest BCUT2D eigenvalue weighted by atomic mass is 9.13. The van der Waals surface area contributed by atoms with Gasteiger partial charge >= 0.3 is 0 Å². The van der Waals surface area contributed by atoms with E-state index in [1.807, 2.05) is 24.3 Å². The first kappa shape index (κ1) is 13.4. The summed E-state index contributed by atoms with van der Waals surface area (Å²) in [7, 11) is 0. The van der Waals surface area contributed by atoms with E-state index in [9.17, 15) is 4.79 Å². The average molecular weight is 320 g/mol. The normalized spacial score (nSPS) is 49.0. The minimum atomic E-state index is -0.178. The van der Waals surface area contributed by atoms with Crippen molar-refractivity contribution in [2.45, 2.75) is 25.8 Å². The Kier molecular flexibility index (Phi) is 2.25. The highest BCUT2D eigenvalue weighted by Crippen LogP contribution is 2.90. The summed E-state index contributed by atoms with van der Waals surface area (Å²) in [4.78, 5) is 19.2. The van der Waals surface area contributed by atoms with Crippen molar-refractivity contribution in [3.05, 3.63) is 35.4 Å². The molecular formula is C20H20N2O2. The highest BCUT2D eigenvalue weighted by Gasteiger charge is 2.89. The van der Waals surface area contributed by atoms with Gasteiger partial charge in [0.15, 0.2) is 0 Å². The summed E-state index contributed by atoms with van der Waals surface area (Å²) in [6.07, 6.45) is 2.21. The zero-order valence-electron chi connectivity index (χ0n) is 13.7. The molecule has 4 unspecified atom stereocenters. The first-order valence-corrected chi connectivity index (χ1v) is 9.13. The van der Waals surface area contributed by atoms with Gasteiger partial charge in [0.2, 0.25) is 0 Å². The maximum Gasteiger partial charge on any atom is 0.253 e. The molecule has 0 N–H and O–H groups in total. The maximum absolute atomic E-state index is 13.4. The molecule has 0 aromatic heterocycles. The topological polar surface area (TPSA) is 53.3 Å². The van der Waals surface area contributed by atoms with Crippen LogP contribution in [0.1, 0.15) is 36.9 Å². The first-order valence-electron chi connectivity index (χ1n) is 9.13. The van der Waals surface area contributed by atoms with Gasteiger partial charge in [-0.15, -0.1) is 0 Å². The largest absolute Gasteiger partial charge is 0.272 e. The van der Waals surface area contributed by atoms with E-state index in [1.165, 1.54) is 6.42 Å². The highest BCUT2D eigenvalue weighted by molar-refractivity contribution is 5.86. The van der Waals surface area contributed by atoms with Crippen molar-refractivity contribution in [3.63, 3.8) is 0 Å². The second-order valence-corrected chi connectivity index (χ2v) is 8.55. The third kappa shape index (κ3) is 1.21. The molecule has 1 aromatic rings. The molecule has 6 rings (SSSR count). The molecule has 1 heterocycles. The van der Waals surface area contributed by atoms with E-state index in [0.717, 1.165) is 35.7 Å². The molecular weight excluding hydrogens is 300 g/mol. The summed E-state index contributed by atoms with van der Waals surface area (Å²) in [5.74, 6) is 4.96. The second-order valence-electron chi connectivity index (χ2n) is 8.55. The molecule has 4 saturated carbocycles. The molecule has 4 heteroatoms. The molecule has 1 aliphatic heterocycles. The summed E-state index contributed by atoms with van der Waals surface area (Å²) in [6, 6.07) is 9.72. The van der Waals surface area contributed by atoms with Crippen molar-refractivity contribution < 1.29 is 9.63 Å². The first-order chi connectivity index (χ1) is 11.7. The Balaban J connectivity index is 1.29. The van der Waals surface area contributed by atoms with Crippen LogP contribution in [-0.4, -0.2) is 17.6 Å². The average Bonchev–Trinajstić information content (AvgIpc) is 3.09. The van der Waals surface area contributed by atoms with E-state index in [-0.39, 0.29) is 17.4 Å². The van der Waals surface area contributed by atoms with Crippen LogP contribution < -0.4 is 0 Å². The summed E-state index contributed by atoms with van der Waals surface area (Å²) >= 11 is 0. The van der Waals surface area contributed by atoms with Crippen LogP contribution in [0.4, 0.5) is 0 Å². The number of fused-ring (bicyclic) bond motifs is 2. The van der Waals surface area contributed by atoms with Gasteiger partial charge in [-0.2, -0.15) is 5.26 Å². The van der Waals surface area contributed by atoms with Gasteiger partial charge in [-0.05, 0) is 59.6 Å². The molecule has 122 valence electrons. The smallest absolute Gasteiger partial charge is 0.253 e. The van der Waals surface area contributed by atoms with Crippen LogP contribution in [0.5, 0.6) is 0 Å². The Morgan fingerprint density at radius 3 is 2.54 bits per heavy atom. The van der Waals surface area contributed by atoms with Gasteiger partial charge in [-0.1, -0.05) is 19.1 Å². The molecule has 1 amide bonds. The van der Waals surface area contributed by atoms with Crippen LogP contribution in [0.25, 0.3) is 0 Å². The summed E-state index contributed by atoms with van der Waals surface area (Å²) in [5.41, 5.74) is 1.55. The number of rotatable bonds is 2. The second kappa shape index (κ2) is 4.03. The minimum absolute atomic E-state index is 0.00612. The molecule has 5 fully saturated rings. The van der Waals surface area contributed by atoms with Gasteiger partial charge in [0.1, 0.15) is 0 Å². The predicted octanol–water partition coefficient (Wildman–Crippen LogP) is 2.91. The van der Waals surface area contributed by atoms with Crippen molar-refractivity contribution in [2.24, 2.45) is 40.9 Å². The zero-order valence-corrected chi connectivity index (χ0v) is 13.7. The van der Waals surface area contributed by atoms with Crippen molar-refractivity contribution in [3.8, 4) is 6.07 Å². The van der Waals surface area contributed by atoms with Gasteiger partial charge in [0.05, 0.1) is 29.7 Å². The van der Waals surface area contributed by atoms with E-state index >= 15 is 0 Å². The lowest BCUT2D eigenvalue weighted by Crippen LogP contribution is -2.89. The lowest BCUT2D eigenvalue weighted by molar-refractivity contribution is -0.431. The van der Waals surface area contributed by atoms with Gasteiger partial charge in [-0.3, -0.25) is 9.63 Å². The van der Waals surface area contributed by atoms with E-state index in [4.69, 9.17) is 10.1 Å². The quantitative estimate of drug-likeness (QED) is 0.842. The number of hydroxylamine groups is 2. The fourth-order valence-electron chi connectivity index (χ4n) is 7.14. The number of carbonyl (C=O) groups excluding carboxylic acids is 1. The molecule has 4 aliphatic carbocycles. The van der Waals surface area contributed by atoms with E-state index in [1.54, 1.807) is 5.06 Å². The molecule has 0 spiro atoms. The standard InChI is InChI=1S/C20H20N2O2/c1-20(17-12-8-13-15(12)16(17)18(13)20)19(23)22-14(6-7-24-22)11-4-2-10(9-21)3-5-11/h2-5,12-18H,6-8H2,1H3/t12?,13?,14-,15?,16?,17?,18?,20?/m0/s1. The van der Waals surface area contributed by atoms with Crippen LogP contribution >= 0.6 is 0 Å². The fraction of sp³-hybridized carbons (Fsp3) is 0.600. The van der Waals surface area contributed by atoms with E-state index in [0.29, 0.717) is 24.0 Å². The maximum atomic E-state index is 13.4. The number of amides is 1. The summed E-state index contributed by atoms with van der Waals surface area (Å²) in [6.45, 7) is 2.80. The van der Waals surface area contributed by atoms with Gasteiger partial charge < -0.3 is 0 Å². The van der Waals surface area contributed by atoms with Gasteiger partial charge in [0.25, 0.3) is 5.91 Å². The molecule has 4 nitrogen and oxygen atoms in total. The molecule has 1 saturated heterocycles. The van der Waals surface area contributed by atoms with Crippen molar-refractivity contribution in [2.75, 3.05) is 6.61 Å².